The summed E-state index contributed by atoms with van der Waals surface area (Å²) in [6.45, 7) is 3.49. The van der Waals surface area contributed by atoms with Crippen LogP contribution in [0.1, 0.15) is 19.4 Å². The Morgan fingerprint density at radius 3 is 2.86 bits per heavy atom. The number of carboxylic acids is 1. The second-order valence-corrected chi connectivity index (χ2v) is 6.04. The standard InChI is InChI=1S/C10H14O2S2/c1-10(2,9(11)12)14-6-4-8-3-5-13-7-8/h3,5,7H,4,6H2,1-2H3,(H,11,12). The van der Waals surface area contributed by atoms with E-state index in [-0.39, 0.29) is 0 Å². The van der Waals surface area contributed by atoms with Crippen LogP contribution in [0.5, 0.6) is 0 Å². The van der Waals surface area contributed by atoms with Crippen LogP contribution in [0.15, 0.2) is 16.8 Å². The summed E-state index contributed by atoms with van der Waals surface area (Å²) < 4.78 is -0.671. The van der Waals surface area contributed by atoms with Crippen molar-refractivity contribution in [1.29, 1.82) is 0 Å². The summed E-state index contributed by atoms with van der Waals surface area (Å²) in [5.41, 5.74) is 1.30. The number of aryl methyl sites for hydroxylation is 1. The number of thiophene rings is 1. The highest BCUT2D eigenvalue weighted by Crippen LogP contribution is 2.25. The molecule has 1 rings (SSSR count). The highest BCUT2D eigenvalue weighted by molar-refractivity contribution is 8.01. The van der Waals surface area contributed by atoms with Crippen molar-refractivity contribution in [1.82, 2.24) is 0 Å². The number of thioether (sulfide) groups is 1. The number of carbonyl (C=O) groups is 1. The summed E-state index contributed by atoms with van der Waals surface area (Å²) >= 11 is 3.17. The summed E-state index contributed by atoms with van der Waals surface area (Å²) in [5.74, 6) is 0.114. The predicted molar refractivity (Wildman–Crippen MR) is 62.2 cm³/mol. The first kappa shape index (κ1) is 11.6. The lowest BCUT2D eigenvalue weighted by atomic mass is 10.2. The smallest absolute Gasteiger partial charge is 0.319 e. The Bertz CT molecular complexity index is 291. The first-order valence-corrected chi connectivity index (χ1v) is 6.33. The summed E-state index contributed by atoms with van der Waals surface area (Å²) in [5, 5.41) is 13.0. The van der Waals surface area contributed by atoms with E-state index >= 15 is 0 Å². The molecule has 0 saturated heterocycles. The Hall–Kier alpha value is -0.480. The minimum Gasteiger partial charge on any atom is -0.480 e. The van der Waals surface area contributed by atoms with Gasteiger partial charge in [0, 0.05) is 0 Å². The Morgan fingerprint density at radius 1 is 1.64 bits per heavy atom. The molecule has 1 aromatic heterocycles. The van der Waals surface area contributed by atoms with E-state index < -0.39 is 10.7 Å². The van der Waals surface area contributed by atoms with Crippen molar-refractivity contribution in [2.45, 2.75) is 25.0 Å². The minimum atomic E-state index is -0.743. The van der Waals surface area contributed by atoms with Crippen LogP contribution in [0, 0.1) is 0 Å². The molecule has 0 atom stereocenters. The molecule has 0 radical (unpaired) electrons. The third-order valence-corrected chi connectivity index (χ3v) is 3.99. The number of rotatable bonds is 5. The lowest BCUT2D eigenvalue weighted by molar-refractivity contribution is -0.138. The molecule has 0 aliphatic carbocycles. The van der Waals surface area contributed by atoms with Crippen LogP contribution in [0.2, 0.25) is 0 Å². The van der Waals surface area contributed by atoms with E-state index in [1.165, 1.54) is 17.3 Å². The molecule has 2 nitrogen and oxygen atoms in total. The van der Waals surface area contributed by atoms with Crippen LogP contribution < -0.4 is 0 Å². The van der Waals surface area contributed by atoms with Crippen molar-refractivity contribution in [2.24, 2.45) is 0 Å². The quantitative estimate of drug-likeness (QED) is 0.845. The van der Waals surface area contributed by atoms with Gasteiger partial charge in [-0.3, -0.25) is 4.79 Å². The third kappa shape index (κ3) is 3.35. The maximum Gasteiger partial charge on any atom is 0.319 e. The van der Waals surface area contributed by atoms with Crippen molar-refractivity contribution in [3.63, 3.8) is 0 Å². The van der Waals surface area contributed by atoms with Gasteiger partial charge in [0.2, 0.25) is 0 Å². The average molecular weight is 230 g/mol. The van der Waals surface area contributed by atoms with Gasteiger partial charge in [-0.25, -0.2) is 0 Å². The molecule has 1 aromatic rings. The molecular formula is C10H14O2S2. The van der Waals surface area contributed by atoms with E-state index in [0.717, 1.165) is 12.2 Å². The average Bonchev–Trinajstić information content (AvgIpc) is 2.56. The molecule has 0 aliphatic heterocycles. The van der Waals surface area contributed by atoms with Gasteiger partial charge >= 0.3 is 5.97 Å². The zero-order valence-corrected chi connectivity index (χ0v) is 9.95. The molecule has 0 saturated carbocycles. The fourth-order valence-electron chi connectivity index (χ4n) is 0.921. The molecule has 0 fully saturated rings. The number of hydrogen-bond donors (Lipinski definition) is 1. The molecule has 0 unspecified atom stereocenters. The van der Waals surface area contributed by atoms with E-state index in [1.54, 1.807) is 25.2 Å². The van der Waals surface area contributed by atoms with Crippen molar-refractivity contribution in [3.05, 3.63) is 22.4 Å². The molecule has 0 aliphatic rings. The van der Waals surface area contributed by atoms with Gasteiger partial charge in [-0.05, 0) is 48.4 Å². The van der Waals surface area contributed by atoms with Crippen LogP contribution in [-0.4, -0.2) is 21.6 Å². The molecule has 1 heterocycles. The van der Waals surface area contributed by atoms with Crippen molar-refractivity contribution in [2.75, 3.05) is 5.75 Å². The molecule has 1 N–H and O–H groups in total. The Morgan fingerprint density at radius 2 is 2.36 bits per heavy atom. The van der Waals surface area contributed by atoms with E-state index in [2.05, 4.69) is 11.4 Å². The van der Waals surface area contributed by atoms with Gasteiger partial charge in [0.05, 0.1) is 0 Å². The molecule has 0 spiro atoms. The zero-order chi connectivity index (χ0) is 10.6. The first-order chi connectivity index (χ1) is 6.52. The largest absolute Gasteiger partial charge is 0.480 e. The summed E-state index contributed by atoms with van der Waals surface area (Å²) in [6.07, 6.45) is 0.949. The van der Waals surface area contributed by atoms with Crippen LogP contribution in [-0.2, 0) is 11.2 Å². The summed E-state index contributed by atoms with van der Waals surface area (Å²) in [6, 6.07) is 2.08. The highest BCUT2D eigenvalue weighted by Gasteiger charge is 2.26. The van der Waals surface area contributed by atoms with Gasteiger partial charge < -0.3 is 5.11 Å². The van der Waals surface area contributed by atoms with Gasteiger partial charge in [0.25, 0.3) is 0 Å². The lowest BCUT2D eigenvalue weighted by Gasteiger charge is -2.17. The highest BCUT2D eigenvalue weighted by atomic mass is 32.2. The molecule has 0 aromatic carbocycles. The Labute approximate surface area is 92.3 Å². The topological polar surface area (TPSA) is 37.3 Å². The molecule has 78 valence electrons. The number of carboxylic acid groups (broad SMARTS) is 1. The van der Waals surface area contributed by atoms with Crippen molar-refractivity contribution in [3.8, 4) is 0 Å². The zero-order valence-electron chi connectivity index (χ0n) is 8.32. The number of aliphatic carboxylic acids is 1. The van der Waals surface area contributed by atoms with E-state index in [9.17, 15) is 4.79 Å². The van der Waals surface area contributed by atoms with Crippen molar-refractivity contribution < 1.29 is 9.90 Å². The van der Waals surface area contributed by atoms with E-state index in [4.69, 9.17) is 5.11 Å². The SMILES string of the molecule is CC(C)(SCCc1ccsc1)C(=O)O. The third-order valence-electron chi connectivity index (χ3n) is 1.95. The van der Waals surface area contributed by atoms with Crippen LogP contribution in [0.4, 0.5) is 0 Å². The lowest BCUT2D eigenvalue weighted by Crippen LogP contribution is -2.27. The van der Waals surface area contributed by atoms with Gasteiger partial charge in [-0.2, -0.15) is 11.3 Å². The molecule has 14 heavy (non-hydrogen) atoms. The first-order valence-electron chi connectivity index (χ1n) is 4.41. The predicted octanol–water partition coefficient (Wildman–Crippen LogP) is 2.89. The Kier molecular flexibility index (Phi) is 4.01. The van der Waals surface area contributed by atoms with Gasteiger partial charge in [0.1, 0.15) is 4.75 Å². The minimum absolute atomic E-state index is 0.671. The Balaban J connectivity index is 2.31. The molecular weight excluding hydrogens is 216 g/mol. The van der Waals surface area contributed by atoms with Gasteiger partial charge in [-0.1, -0.05) is 0 Å². The monoisotopic (exact) mass is 230 g/mol. The second-order valence-electron chi connectivity index (χ2n) is 3.55. The summed E-state index contributed by atoms with van der Waals surface area (Å²) in [4.78, 5) is 10.8. The number of hydrogen-bond acceptors (Lipinski definition) is 3. The molecule has 0 amide bonds. The van der Waals surface area contributed by atoms with Crippen LogP contribution in [0.3, 0.4) is 0 Å². The fraction of sp³-hybridized carbons (Fsp3) is 0.500. The normalized spacial score (nSPS) is 11.6. The maximum absolute atomic E-state index is 10.8. The van der Waals surface area contributed by atoms with Gasteiger partial charge in [-0.15, -0.1) is 11.8 Å². The summed E-state index contributed by atoms with van der Waals surface area (Å²) in [7, 11) is 0. The fourth-order valence-corrected chi connectivity index (χ4v) is 2.60. The molecule has 0 bridgehead atoms. The van der Waals surface area contributed by atoms with E-state index in [1.807, 2.05) is 5.38 Å². The van der Waals surface area contributed by atoms with Gasteiger partial charge in [0.15, 0.2) is 0 Å². The maximum atomic E-state index is 10.8. The van der Waals surface area contributed by atoms with E-state index in [0.29, 0.717) is 0 Å². The molecule has 4 heteroatoms. The second kappa shape index (κ2) is 4.84. The van der Waals surface area contributed by atoms with Crippen LogP contribution in [0.25, 0.3) is 0 Å². The van der Waals surface area contributed by atoms with Crippen molar-refractivity contribution >= 4 is 29.1 Å². The van der Waals surface area contributed by atoms with Crippen LogP contribution >= 0.6 is 23.1 Å².